The van der Waals surface area contributed by atoms with Crippen LogP contribution in [-0.2, 0) is 4.79 Å². The summed E-state index contributed by atoms with van der Waals surface area (Å²) >= 11 is 2.48. The van der Waals surface area contributed by atoms with Gasteiger partial charge in [0.05, 0.1) is 10.8 Å². The highest BCUT2D eigenvalue weighted by atomic mass is 32.2. The van der Waals surface area contributed by atoms with Gasteiger partial charge in [0.2, 0.25) is 11.1 Å². The number of nitrogens with two attached hydrogens (primary N) is 1. The molecule has 0 aliphatic carbocycles. The van der Waals surface area contributed by atoms with Crippen molar-refractivity contribution >= 4 is 39.9 Å². The SMILES string of the molecule is CC(Sc1n[nH]c(-c2ccccc2)n1)C(=O)Nc1sccc1C(N)=O. The van der Waals surface area contributed by atoms with E-state index in [0.29, 0.717) is 21.5 Å². The Labute approximate surface area is 152 Å². The van der Waals surface area contributed by atoms with Crippen LogP contribution in [0, 0.1) is 0 Å². The van der Waals surface area contributed by atoms with Gasteiger partial charge in [0.1, 0.15) is 5.00 Å². The lowest BCUT2D eigenvalue weighted by atomic mass is 10.2. The van der Waals surface area contributed by atoms with Gasteiger partial charge in [-0.2, -0.15) is 0 Å². The molecule has 0 fully saturated rings. The molecule has 0 aliphatic rings. The summed E-state index contributed by atoms with van der Waals surface area (Å²) in [5, 5.41) is 11.9. The van der Waals surface area contributed by atoms with Gasteiger partial charge in [-0.15, -0.1) is 16.4 Å². The maximum atomic E-state index is 12.3. The van der Waals surface area contributed by atoms with Crippen LogP contribution >= 0.6 is 23.1 Å². The first-order valence-corrected chi connectivity index (χ1v) is 9.13. The van der Waals surface area contributed by atoms with Gasteiger partial charge >= 0.3 is 0 Å². The number of carbonyl (C=O) groups excluding carboxylic acids is 2. The Bertz CT molecular complexity index is 891. The Balaban J connectivity index is 1.65. The monoisotopic (exact) mass is 373 g/mol. The number of benzene rings is 1. The molecule has 0 radical (unpaired) electrons. The molecule has 0 saturated heterocycles. The molecule has 1 aromatic carbocycles. The van der Waals surface area contributed by atoms with Gasteiger partial charge in [-0.3, -0.25) is 14.7 Å². The third-order valence-corrected chi connectivity index (χ3v) is 5.12. The lowest BCUT2D eigenvalue weighted by Crippen LogP contribution is -2.23. The molecule has 3 rings (SSSR count). The molecule has 7 nitrogen and oxygen atoms in total. The van der Waals surface area contributed by atoms with E-state index in [0.717, 1.165) is 5.56 Å². The van der Waals surface area contributed by atoms with Crippen LogP contribution < -0.4 is 11.1 Å². The summed E-state index contributed by atoms with van der Waals surface area (Å²) in [7, 11) is 0. The maximum absolute atomic E-state index is 12.3. The molecule has 0 bridgehead atoms. The van der Waals surface area contributed by atoms with Crippen LogP contribution in [0.4, 0.5) is 5.00 Å². The molecule has 2 aromatic heterocycles. The van der Waals surface area contributed by atoms with Crippen molar-refractivity contribution in [2.45, 2.75) is 17.3 Å². The number of hydrogen-bond donors (Lipinski definition) is 3. The van der Waals surface area contributed by atoms with Crippen molar-refractivity contribution in [2.24, 2.45) is 5.73 Å². The van der Waals surface area contributed by atoms with Gasteiger partial charge in [0, 0.05) is 5.56 Å². The Morgan fingerprint density at radius 1 is 1.28 bits per heavy atom. The van der Waals surface area contributed by atoms with Gasteiger partial charge in [-0.05, 0) is 18.4 Å². The van der Waals surface area contributed by atoms with E-state index in [9.17, 15) is 9.59 Å². The number of hydrogen-bond acceptors (Lipinski definition) is 6. The van der Waals surface area contributed by atoms with E-state index >= 15 is 0 Å². The number of anilines is 1. The average molecular weight is 373 g/mol. The van der Waals surface area contributed by atoms with E-state index in [-0.39, 0.29) is 5.91 Å². The first-order valence-electron chi connectivity index (χ1n) is 7.37. The minimum atomic E-state index is -0.571. The predicted molar refractivity (Wildman–Crippen MR) is 98.6 cm³/mol. The first-order chi connectivity index (χ1) is 12.0. The minimum Gasteiger partial charge on any atom is -0.366 e. The third kappa shape index (κ3) is 4.06. The number of aromatic amines is 1. The minimum absolute atomic E-state index is 0.249. The van der Waals surface area contributed by atoms with Crippen LogP contribution in [0.2, 0.25) is 0 Å². The highest BCUT2D eigenvalue weighted by Gasteiger charge is 2.20. The van der Waals surface area contributed by atoms with E-state index in [4.69, 9.17) is 5.73 Å². The second-order valence-corrected chi connectivity index (χ2v) is 7.33. The zero-order chi connectivity index (χ0) is 17.8. The van der Waals surface area contributed by atoms with Crippen LogP contribution in [0.5, 0.6) is 0 Å². The summed E-state index contributed by atoms with van der Waals surface area (Å²) in [6, 6.07) is 11.2. The number of amides is 2. The molecule has 0 aliphatic heterocycles. The molecular formula is C16H15N5O2S2. The standard InChI is InChI=1S/C16H15N5O2S2/c1-9(14(23)19-15-11(12(17)22)7-8-24-15)25-16-18-13(20-21-16)10-5-3-2-4-6-10/h2-9H,1H3,(H2,17,22)(H,19,23)(H,18,20,21). The van der Waals surface area contributed by atoms with E-state index in [2.05, 4.69) is 20.5 Å². The molecule has 3 aromatic rings. The van der Waals surface area contributed by atoms with Gasteiger partial charge in [0.15, 0.2) is 5.82 Å². The third-order valence-electron chi connectivity index (χ3n) is 3.33. The normalized spacial score (nSPS) is 11.9. The number of primary amides is 1. The number of rotatable bonds is 6. The van der Waals surface area contributed by atoms with Crippen molar-refractivity contribution in [3.05, 3.63) is 47.3 Å². The van der Waals surface area contributed by atoms with E-state index < -0.39 is 11.2 Å². The molecular weight excluding hydrogens is 358 g/mol. The Kier molecular flexibility index (Phi) is 5.15. The molecule has 2 amide bonds. The molecule has 2 heterocycles. The first kappa shape index (κ1) is 17.2. The second kappa shape index (κ2) is 7.49. The lowest BCUT2D eigenvalue weighted by molar-refractivity contribution is -0.115. The molecule has 0 saturated carbocycles. The van der Waals surface area contributed by atoms with Gasteiger partial charge in [0.25, 0.3) is 5.91 Å². The van der Waals surface area contributed by atoms with Crippen LogP contribution in [0.1, 0.15) is 17.3 Å². The molecule has 25 heavy (non-hydrogen) atoms. The number of carbonyl (C=O) groups is 2. The Morgan fingerprint density at radius 3 is 2.76 bits per heavy atom. The van der Waals surface area contributed by atoms with Crippen molar-refractivity contribution in [1.82, 2.24) is 15.2 Å². The highest BCUT2D eigenvalue weighted by Crippen LogP contribution is 2.26. The van der Waals surface area contributed by atoms with Crippen LogP contribution in [0.3, 0.4) is 0 Å². The zero-order valence-corrected chi connectivity index (χ0v) is 14.9. The van der Waals surface area contributed by atoms with E-state index in [1.54, 1.807) is 18.4 Å². The van der Waals surface area contributed by atoms with Crippen LogP contribution in [-0.4, -0.2) is 32.2 Å². The zero-order valence-electron chi connectivity index (χ0n) is 13.2. The summed E-state index contributed by atoms with van der Waals surface area (Å²) in [6.45, 7) is 1.75. The largest absolute Gasteiger partial charge is 0.366 e. The molecule has 9 heteroatoms. The maximum Gasteiger partial charge on any atom is 0.251 e. The number of nitrogens with zero attached hydrogens (tertiary/aromatic N) is 2. The molecule has 1 unspecified atom stereocenters. The molecule has 128 valence electrons. The summed E-state index contributed by atoms with van der Waals surface area (Å²) in [6.07, 6.45) is 0. The average Bonchev–Trinajstić information content (AvgIpc) is 3.25. The topological polar surface area (TPSA) is 114 Å². The molecule has 4 N–H and O–H groups in total. The fraction of sp³-hybridized carbons (Fsp3) is 0.125. The molecule has 0 spiro atoms. The van der Waals surface area contributed by atoms with Crippen molar-refractivity contribution in [3.8, 4) is 11.4 Å². The summed E-state index contributed by atoms with van der Waals surface area (Å²) in [4.78, 5) is 28.0. The van der Waals surface area contributed by atoms with E-state index in [1.807, 2.05) is 30.3 Å². The van der Waals surface area contributed by atoms with Crippen LogP contribution in [0.25, 0.3) is 11.4 Å². The number of thiophene rings is 1. The van der Waals surface area contributed by atoms with Crippen molar-refractivity contribution in [3.63, 3.8) is 0 Å². The Hall–Kier alpha value is -2.65. The van der Waals surface area contributed by atoms with Crippen LogP contribution in [0.15, 0.2) is 46.9 Å². The Morgan fingerprint density at radius 2 is 2.04 bits per heavy atom. The van der Waals surface area contributed by atoms with Crippen molar-refractivity contribution in [2.75, 3.05) is 5.32 Å². The number of nitrogens with one attached hydrogen (secondary N) is 2. The van der Waals surface area contributed by atoms with Crippen molar-refractivity contribution in [1.29, 1.82) is 0 Å². The second-order valence-electron chi connectivity index (χ2n) is 5.11. The lowest BCUT2D eigenvalue weighted by Gasteiger charge is -2.09. The highest BCUT2D eigenvalue weighted by molar-refractivity contribution is 8.00. The van der Waals surface area contributed by atoms with Gasteiger partial charge in [-0.1, -0.05) is 42.1 Å². The molecule has 1 atom stereocenters. The summed E-state index contributed by atoms with van der Waals surface area (Å²) in [5.41, 5.74) is 6.50. The number of aromatic nitrogens is 3. The van der Waals surface area contributed by atoms with Gasteiger partial charge in [-0.25, -0.2) is 4.98 Å². The van der Waals surface area contributed by atoms with Gasteiger partial charge < -0.3 is 11.1 Å². The fourth-order valence-corrected chi connectivity index (χ4v) is 3.57. The smallest absolute Gasteiger partial charge is 0.251 e. The van der Waals surface area contributed by atoms with Crippen molar-refractivity contribution < 1.29 is 9.59 Å². The number of thioether (sulfide) groups is 1. The van der Waals surface area contributed by atoms with E-state index in [1.165, 1.54) is 23.1 Å². The summed E-state index contributed by atoms with van der Waals surface area (Å²) in [5.74, 6) is -0.177. The summed E-state index contributed by atoms with van der Waals surface area (Å²) < 4.78 is 0. The predicted octanol–water partition coefficient (Wildman–Crippen LogP) is 2.75. The quantitative estimate of drug-likeness (QED) is 0.575. The number of H-pyrrole nitrogens is 1. The fourth-order valence-electron chi connectivity index (χ4n) is 2.05.